The van der Waals surface area contributed by atoms with Gasteiger partial charge >= 0.3 is 0 Å². The van der Waals surface area contributed by atoms with E-state index in [1.165, 1.54) is 0 Å². The van der Waals surface area contributed by atoms with E-state index in [4.69, 9.17) is 0 Å². The molecule has 10 aromatic rings. The number of ketones is 4. The lowest BCUT2D eigenvalue weighted by atomic mass is 10.00. The second kappa shape index (κ2) is 19.7. The minimum Gasteiger partial charge on any atom is -0.380 e. The minimum atomic E-state index is -1.55. The Morgan fingerprint density at radius 1 is 0.286 bits per heavy atom. The van der Waals surface area contributed by atoms with E-state index >= 15 is 0 Å². The molecule has 1 N–H and O–H groups in total. The average molecular weight is 911 g/mol. The van der Waals surface area contributed by atoms with Gasteiger partial charge in [-0.05, 0) is 74.3 Å². The van der Waals surface area contributed by atoms with E-state index in [-0.39, 0.29) is 22.5 Å². The Balaban J connectivity index is 1.10. The zero-order chi connectivity index (χ0) is 48.0. The van der Waals surface area contributed by atoms with Crippen molar-refractivity contribution in [3.63, 3.8) is 0 Å². The standard InChI is InChI=1S/C59H38N6O5/c66-49(45-29-13-25-41(33-45)37-17-5-1-6-18-37)54-60-55(50(67)46-30-14-26-42(34-46)38-19-7-2-8-20-38)63-58(62-54)53(70)59-64-56(51(68)47-31-15-27-43(35-47)39-21-9-3-10-22-39)61-57(65-59)52(69)48-32-16-28-44(36-48)40-23-11-4-12-24-40/h1-36,49,66H. The smallest absolute Gasteiger partial charge is 0.267 e. The summed E-state index contributed by atoms with van der Waals surface area (Å²) in [6.45, 7) is 0. The zero-order valence-electron chi connectivity index (χ0n) is 37.1. The van der Waals surface area contributed by atoms with E-state index in [9.17, 15) is 24.3 Å². The van der Waals surface area contributed by atoms with Crippen LogP contribution < -0.4 is 0 Å². The fourth-order valence-electron chi connectivity index (χ4n) is 7.97. The Morgan fingerprint density at radius 2 is 0.557 bits per heavy atom. The molecule has 0 bridgehead atoms. The Morgan fingerprint density at radius 3 is 0.914 bits per heavy atom. The maximum absolute atomic E-state index is 14.9. The van der Waals surface area contributed by atoms with Crippen LogP contribution in [0.1, 0.15) is 82.5 Å². The monoisotopic (exact) mass is 910 g/mol. The van der Waals surface area contributed by atoms with Gasteiger partial charge in [-0.2, -0.15) is 0 Å². The molecule has 1 atom stereocenters. The molecule has 2 aromatic heterocycles. The third kappa shape index (κ3) is 9.50. The first-order chi connectivity index (χ1) is 34.3. The normalized spacial score (nSPS) is 11.4. The van der Waals surface area contributed by atoms with Gasteiger partial charge in [-0.1, -0.05) is 194 Å². The summed E-state index contributed by atoms with van der Waals surface area (Å²) in [5, 5.41) is 12.0. The van der Waals surface area contributed by atoms with Crippen LogP contribution in [0.15, 0.2) is 218 Å². The van der Waals surface area contributed by atoms with E-state index in [1.807, 2.05) is 146 Å². The van der Waals surface area contributed by atoms with Crippen LogP contribution in [0.3, 0.4) is 0 Å². The summed E-state index contributed by atoms with van der Waals surface area (Å²) in [6.07, 6.45) is -1.55. The highest BCUT2D eigenvalue weighted by Gasteiger charge is 2.29. The molecule has 0 aliphatic carbocycles. The van der Waals surface area contributed by atoms with Gasteiger partial charge in [0.15, 0.2) is 5.82 Å². The molecule has 0 aliphatic rings. The van der Waals surface area contributed by atoms with Crippen molar-refractivity contribution in [2.45, 2.75) is 6.10 Å². The van der Waals surface area contributed by atoms with Gasteiger partial charge < -0.3 is 5.11 Å². The molecule has 0 saturated carbocycles. The number of aromatic nitrogens is 6. The lowest BCUT2D eigenvalue weighted by Crippen LogP contribution is -2.23. The first kappa shape index (κ1) is 44.3. The highest BCUT2D eigenvalue weighted by atomic mass is 16.3. The molecule has 0 fully saturated rings. The summed E-state index contributed by atoms with van der Waals surface area (Å²) in [4.78, 5) is 84.7. The second-order valence-corrected chi connectivity index (χ2v) is 16.2. The number of hydrogen-bond acceptors (Lipinski definition) is 11. The predicted molar refractivity (Wildman–Crippen MR) is 265 cm³/mol. The largest absolute Gasteiger partial charge is 0.380 e. The van der Waals surface area contributed by atoms with Crippen molar-refractivity contribution in [3.8, 4) is 44.5 Å². The van der Waals surface area contributed by atoms with Crippen LogP contribution in [0.2, 0.25) is 0 Å². The molecular weight excluding hydrogens is 873 g/mol. The summed E-state index contributed by atoms with van der Waals surface area (Å²) in [5.74, 6) is -6.15. The van der Waals surface area contributed by atoms with Gasteiger partial charge in [-0.3, -0.25) is 19.2 Å². The molecule has 334 valence electrons. The van der Waals surface area contributed by atoms with Crippen molar-refractivity contribution in [2.75, 3.05) is 0 Å². The number of nitrogens with zero attached hydrogens (tertiary/aromatic N) is 6. The summed E-state index contributed by atoms with van der Waals surface area (Å²) < 4.78 is 0. The van der Waals surface area contributed by atoms with Crippen molar-refractivity contribution in [3.05, 3.63) is 276 Å². The van der Waals surface area contributed by atoms with Crippen LogP contribution >= 0.6 is 0 Å². The van der Waals surface area contributed by atoms with Gasteiger partial charge in [0, 0.05) is 16.7 Å². The van der Waals surface area contributed by atoms with Gasteiger partial charge in [0.05, 0.1) is 0 Å². The molecule has 1 unspecified atom stereocenters. The second-order valence-electron chi connectivity index (χ2n) is 16.2. The molecule has 2 heterocycles. The maximum atomic E-state index is 14.9. The molecule has 70 heavy (non-hydrogen) atoms. The van der Waals surface area contributed by atoms with Crippen LogP contribution in [0, 0.1) is 0 Å². The first-order valence-corrected chi connectivity index (χ1v) is 22.3. The van der Waals surface area contributed by atoms with Crippen LogP contribution in [-0.2, 0) is 0 Å². The van der Waals surface area contributed by atoms with Crippen molar-refractivity contribution in [2.24, 2.45) is 0 Å². The number of hydrogen-bond donors (Lipinski definition) is 1. The Hall–Kier alpha value is -9.58. The summed E-state index contributed by atoms with van der Waals surface area (Å²) in [6, 6.07) is 65.6. The molecule has 0 saturated heterocycles. The van der Waals surface area contributed by atoms with Gasteiger partial charge in [0.2, 0.25) is 46.5 Å². The Kier molecular flexibility index (Phi) is 12.5. The zero-order valence-corrected chi connectivity index (χ0v) is 37.1. The molecule has 0 aliphatic heterocycles. The van der Waals surface area contributed by atoms with Crippen molar-refractivity contribution in [1.82, 2.24) is 29.9 Å². The third-order valence-electron chi connectivity index (χ3n) is 11.6. The highest BCUT2D eigenvalue weighted by Crippen LogP contribution is 2.28. The molecule has 11 heteroatoms. The van der Waals surface area contributed by atoms with Gasteiger partial charge in [0.1, 0.15) is 6.10 Å². The number of aliphatic hydroxyl groups excluding tert-OH is 1. The molecule has 11 nitrogen and oxygen atoms in total. The van der Waals surface area contributed by atoms with Gasteiger partial charge in [0.25, 0.3) is 5.78 Å². The fraction of sp³-hybridized carbons (Fsp3) is 0.0169. The molecule has 10 rings (SSSR count). The van der Waals surface area contributed by atoms with Crippen LogP contribution in [-0.4, -0.2) is 58.1 Å². The third-order valence-corrected chi connectivity index (χ3v) is 11.6. The molecular formula is C59H38N6O5. The number of benzene rings is 8. The topological polar surface area (TPSA) is 166 Å². The first-order valence-electron chi connectivity index (χ1n) is 22.3. The number of carbonyl (C=O) groups excluding carboxylic acids is 4. The molecule has 8 aromatic carbocycles. The number of aliphatic hydroxyl groups is 1. The minimum absolute atomic E-state index is 0.185. The Labute approximate surface area is 402 Å². The summed E-state index contributed by atoms with van der Waals surface area (Å²) in [5.41, 5.74) is 7.42. The molecule has 0 amide bonds. The van der Waals surface area contributed by atoms with Gasteiger partial charge in [-0.15, -0.1) is 0 Å². The molecule has 0 spiro atoms. The van der Waals surface area contributed by atoms with Crippen LogP contribution in [0.5, 0.6) is 0 Å². The van der Waals surface area contributed by atoms with Crippen molar-refractivity contribution < 1.29 is 24.3 Å². The van der Waals surface area contributed by atoms with E-state index in [0.717, 1.165) is 44.5 Å². The average Bonchev–Trinajstić information content (AvgIpc) is 3.45. The van der Waals surface area contributed by atoms with E-state index in [2.05, 4.69) is 29.9 Å². The number of carbonyl (C=O) groups is 4. The lowest BCUT2D eigenvalue weighted by Gasteiger charge is -2.14. The fourth-order valence-corrected chi connectivity index (χ4v) is 7.97. The Bertz CT molecular complexity index is 3480. The lowest BCUT2D eigenvalue weighted by molar-refractivity contribution is 0.101. The van der Waals surface area contributed by atoms with Gasteiger partial charge in [-0.25, -0.2) is 29.9 Å². The van der Waals surface area contributed by atoms with E-state index in [1.54, 1.807) is 72.8 Å². The highest BCUT2D eigenvalue weighted by molar-refractivity contribution is 6.12. The van der Waals surface area contributed by atoms with Crippen LogP contribution in [0.4, 0.5) is 0 Å². The number of rotatable bonds is 14. The SMILES string of the molecule is O=C(c1cccc(-c2ccccc2)c1)c1nc(C(=O)c2cccc(-c3ccccc3)c2)nc(C(=O)c2nc(C(=O)c3cccc(-c4ccccc4)c3)nc(C(O)c3cccc(-c4ccccc4)c3)n2)n1. The van der Waals surface area contributed by atoms with Crippen LogP contribution in [0.25, 0.3) is 44.5 Å². The summed E-state index contributed by atoms with van der Waals surface area (Å²) >= 11 is 0. The molecule has 0 radical (unpaired) electrons. The van der Waals surface area contributed by atoms with Crippen molar-refractivity contribution >= 4 is 23.1 Å². The van der Waals surface area contributed by atoms with E-state index < -0.39 is 58.4 Å². The predicted octanol–water partition coefficient (Wildman–Crippen LogP) is 10.7. The quantitative estimate of drug-likeness (QED) is 0.103. The van der Waals surface area contributed by atoms with E-state index in [0.29, 0.717) is 5.56 Å². The van der Waals surface area contributed by atoms with Crippen molar-refractivity contribution in [1.29, 1.82) is 0 Å². The summed E-state index contributed by atoms with van der Waals surface area (Å²) in [7, 11) is 0. The maximum Gasteiger partial charge on any atom is 0.267 e.